The number of nitrogens with zero attached hydrogens (tertiary/aromatic N) is 1. The smallest absolute Gasteiger partial charge is 0.271 e. The molecule has 0 heterocycles. The predicted molar refractivity (Wildman–Crippen MR) is 88.6 cm³/mol. The number of amides is 1. The van der Waals surface area contributed by atoms with Crippen LogP contribution in [0.3, 0.4) is 0 Å². The number of nitrogens with one attached hydrogen (secondary N) is 1. The van der Waals surface area contributed by atoms with Gasteiger partial charge in [-0.2, -0.15) is 5.10 Å². The van der Waals surface area contributed by atoms with Gasteiger partial charge in [0.2, 0.25) is 0 Å². The van der Waals surface area contributed by atoms with Crippen molar-refractivity contribution in [3.05, 3.63) is 57.6 Å². The Balaban J connectivity index is 2.05. The van der Waals surface area contributed by atoms with Crippen molar-refractivity contribution in [1.29, 1.82) is 0 Å². The number of rotatable bonds is 4. The Bertz CT molecular complexity index is 729. The van der Waals surface area contributed by atoms with Gasteiger partial charge in [-0.3, -0.25) is 4.79 Å². The van der Waals surface area contributed by atoms with Crippen molar-refractivity contribution >= 4 is 28.1 Å². The van der Waals surface area contributed by atoms with E-state index < -0.39 is 0 Å². The van der Waals surface area contributed by atoms with Gasteiger partial charge in [0.1, 0.15) is 0 Å². The molecule has 0 aliphatic carbocycles. The van der Waals surface area contributed by atoms with Gasteiger partial charge in [0.25, 0.3) is 5.91 Å². The van der Waals surface area contributed by atoms with Gasteiger partial charge in [0.15, 0.2) is 11.5 Å². The highest BCUT2D eigenvalue weighted by Gasteiger charge is 2.06. The number of aryl methyl sites for hydroxylation is 1. The quantitative estimate of drug-likeness (QED) is 0.647. The predicted octanol–water partition coefficient (Wildman–Crippen LogP) is 3.24. The topological polar surface area (TPSA) is 70.9 Å². The first-order valence-electron chi connectivity index (χ1n) is 6.48. The number of hydrogen-bond donors (Lipinski definition) is 2. The third kappa shape index (κ3) is 3.85. The average molecular weight is 363 g/mol. The largest absolute Gasteiger partial charge is 0.504 e. The summed E-state index contributed by atoms with van der Waals surface area (Å²) < 4.78 is 5.87. The van der Waals surface area contributed by atoms with Crippen molar-refractivity contribution in [3.63, 3.8) is 0 Å². The van der Waals surface area contributed by atoms with Crippen molar-refractivity contribution in [1.82, 2.24) is 5.43 Å². The fraction of sp³-hybridized carbons (Fsp3) is 0.125. The van der Waals surface area contributed by atoms with Gasteiger partial charge in [-0.05, 0) is 48.4 Å². The van der Waals surface area contributed by atoms with E-state index in [1.807, 2.05) is 13.0 Å². The van der Waals surface area contributed by atoms with Crippen molar-refractivity contribution in [2.75, 3.05) is 7.11 Å². The van der Waals surface area contributed by atoms with Crippen LogP contribution in [-0.2, 0) is 0 Å². The van der Waals surface area contributed by atoms with Crippen LogP contribution in [0.2, 0.25) is 0 Å². The number of phenols is 1. The van der Waals surface area contributed by atoms with Crippen LogP contribution in [0.5, 0.6) is 11.5 Å². The lowest BCUT2D eigenvalue weighted by molar-refractivity contribution is 0.0955. The first-order chi connectivity index (χ1) is 10.5. The normalized spacial score (nSPS) is 10.7. The summed E-state index contributed by atoms with van der Waals surface area (Å²) in [5.74, 6) is 0.0913. The molecule has 22 heavy (non-hydrogen) atoms. The number of hydrogen-bond acceptors (Lipinski definition) is 4. The summed E-state index contributed by atoms with van der Waals surface area (Å²) in [7, 11) is 1.47. The molecule has 0 saturated carbocycles. The number of hydrazone groups is 1. The van der Waals surface area contributed by atoms with E-state index in [2.05, 4.69) is 26.5 Å². The first-order valence-corrected chi connectivity index (χ1v) is 7.27. The van der Waals surface area contributed by atoms with E-state index in [9.17, 15) is 9.90 Å². The highest BCUT2D eigenvalue weighted by atomic mass is 79.9. The molecule has 0 fully saturated rings. The third-order valence-electron chi connectivity index (χ3n) is 3.02. The maximum absolute atomic E-state index is 12.0. The van der Waals surface area contributed by atoms with Crippen molar-refractivity contribution in [3.8, 4) is 11.5 Å². The van der Waals surface area contributed by atoms with Crippen LogP contribution in [0, 0.1) is 6.92 Å². The zero-order valence-electron chi connectivity index (χ0n) is 12.1. The number of ether oxygens (including phenoxy) is 1. The minimum Gasteiger partial charge on any atom is -0.504 e. The summed E-state index contributed by atoms with van der Waals surface area (Å²) in [5, 5.41) is 13.4. The highest BCUT2D eigenvalue weighted by molar-refractivity contribution is 9.10. The van der Waals surface area contributed by atoms with Crippen LogP contribution in [0.25, 0.3) is 0 Å². The van der Waals surface area contributed by atoms with Gasteiger partial charge in [-0.25, -0.2) is 5.43 Å². The molecule has 0 aliphatic rings. The Morgan fingerprint density at radius 3 is 2.77 bits per heavy atom. The SMILES string of the molecule is COc1cc(C=NNC(=O)c2ccc(C)c(Br)c2)ccc1O. The molecule has 5 nitrogen and oxygen atoms in total. The van der Waals surface area contributed by atoms with Crippen LogP contribution in [0.4, 0.5) is 0 Å². The molecular formula is C16H15BrN2O3. The third-order valence-corrected chi connectivity index (χ3v) is 3.87. The molecule has 1 amide bonds. The Labute approximate surface area is 136 Å². The molecule has 0 aliphatic heterocycles. The van der Waals surface area contributed by atoms with Crippen molar-refractivity contribution < 1.29 is 14.6 Å². The number of carbonyl (C=O) groups is 1. The second-order valence-corrected chi connectivity index (χ2v) is 5.45. The molecule has 0 radical (unpaired) electrons. The first kappa shape index (κ1) is 16.0. The summed E-state index contributed by atoms with van der Waals surface area (Å²) in [6.45, 7) is 1.95. The standard InChI is InChI=1S/C16H15BrN2O3/c1-10-3-5-12(8-13(10)17)16(21)19-18-9-11-4-6-14(20)15(7-11)22-2/h3-9,20H,1-2H3,(H,19,21). The lowest BCUT2D eigenvalue weighted by Gasteiger charge is -2.04. The lowest BCUT2D eigenvalue weighted by atomic mass is 10.1. The molecule has 2 N–H and O–H groups in total. The summed E-state index contributed by atoms with van der Waals surface area (Å²) >= 11 is 3.39. The molecule has 2 aromatic carbocycles. The van der Waals surface area contributed by atoms with E-state index in [1.54, 1.807) is 24.3 Å². The van der Waals surface area contributed by atoms with Gasteiger partial charge >= 0.3 is 0 Å². The molecular weight excluding hydrogens is 348 g/mol. The molecule has 114 valence electrons. The average Bonchev–Trinajstić information content (AvgIpc) is 2.51. The molecule has 0 saturated heterocycles. The van der Waals surface area contributed by atoms with Crippen LogP contribution < -0.4 is 10.2 Å². The van der Waals surface area contributed by atoms with E-state index in [0.29, 0.717) is 16.9 Å². The van der Waals surface area contributed by atoms with Gasteiger partial charge in [-0.1, -0.05) is 22.0 Å². The molecule has 0 atom stereocenters. The molecule has 0 bridgehead atoms. The van der Waals surface area contributed by atoms with Gasteiger partial charge in [0, 0.05) is 10.0 Å². The van der Waals surface area contributed by atoms with Crippen LogP contribution in [0.1, 0.15) is 21.5 Å². The molecule has 2 rings (SSSR count). The molecule has 2 aromatic rings. The number of carbonyl (C=O) groups excluding carboxylic acids is 1. The van der Waals surface area contributed by atoms with Crippen LogP contribution in [0.15, 0.2) is 46.0 Å². The highest BCUT2D eigenvalue weighted by Crippen LogP contribution is 2.25. The molecule has 6 heteroatoms. The van der Waals surface area contributed by atoms with E-state index in [0.717, 1.165) is 10.0 Å². The minimum atomic E-state index is -0.303. The zero-order valence-corrected chi connectivity index (χ0v) is 13.7. The molecule has 0 spiro atoms. The van der Waals surface area contributed by atoms with Gasteiger partial charge in [0.05, 0.1) is 13.3 Å². The fourth-order valence-electron chi connectivity index (χ4n) is 1.74. The van der Waals surface area contributed by atoms with E-state index in [1.165, 1.54) is 19.4 Å². The Morgan fingerprint density at radius 2 is 2.09 bits per heavy atom. The number of aromatic hydroxyl groups is 1. The molecule has 0 aromatic heterocycles. The molecule has 0 unspecified atom stereocenters. The van der Waals surface area contributed by atoms with Crippen LogP contribution >= 0.6 is 15.9 Å². The monoisotopic (exact) mass is 362 g/mol. The van der Waals surface area contributed by atoms with Crippen LogP contribution in [-0.4, -0.2) is 24.3 Å². The summed E-state index contributed by atoms with van der Waals surface area (Å²) in [6.07, 6.45) is 1.48. The number of halogens is 1. The van der Waals surface area contributed by atoms with E-state index in [4.69, 9.17) is 4.74 Å². The number of methoxy groups -OCH3 is 1. The number of benzene rings is 2. The second kappa shape index (κ2) is 7.09. The zero-order chi connectivity index (χ0) is 16.1. The van der Waals surface area contributed by atoms with Gasteiger partial charge in [-0.15, -0.1) is 0 Å². The summed E-state index contributed by atoms with van der Waals surface area (Å²) in [6, 6.07) is 10.1. The van der Waals surface area contributed by atoms with Crippen molar-refractivity contribution in [2.24, 2.45) is 5.10 Å². The van der Waals surface area contributed by atoms with Gasteiger partial charge < -0.3 is 9.84 Å². The Kier molecular flexibility index (Phi) is 5.16. The number of phenolic OH excluding ortho intramolecular Hbond substituents is 1. The second-order valence-electron chi connectivity index (χ2n) is 4.59. The van der Waals surface area contributed by atoms with E-state index in [-0.39, 0.29) is 11.7 Å². The fourth-order valence-corrected chi connectivity index (χ4v) is 2.12. The Hall–Kier alpha value is -2.34. The summed E-state index contributed by atoms with van der Waals surface area (Å²) in [5.41, 5.74) is 4.71. The maximum Gasteiger partial charge on any atom is 0.271 e. The maximum atomic E-state index is 12.0. The minimum absolute atomic E-state index is 0.0493. The summed E-state index contributed by atoms with van der Waals surface area (Å²) in [4.78, 5) is 12.0. The van der Waals surface area contributed by atoms with E-state index >= 15 is 0 Å². The van der Waals surface area contributed by atoms with Crippen molar-refractivity contribution in [2.45, 2.75) is 6.92 Å². The Morgan fingerprint density at radius 1 is 1.32 bits per heavy atom. The lowest BCUT2D eigenvalue weighted by Crippen LogP contribution is -2.17.